The second-order valence-electron chi connectivity index (χ2n) is 6.64. The zero-order valence-corrected chi connectivity index (χ0v) is 16.6. The second-order valence-corrected chi connectivity index (χ2v) is 6.64. The first-order valence-electron chi connectivity index (χ1n) is 8.95. The number of halogens is 2. The molecule has 142 valence electrons. The van der Waals surface area contributed by atoms with Crippen molar-refractivity contribution < 1.29 is 4.39 Å². The maximum absolute atomic E-state index is 13.3. The van der Waals surface area contributed by atoms with Crippen molar-refractivity contribution in [1.29, 1.82) is 0 Å². The number of hydrogen-bond donors (Lipinski definition) is 1. The monoisotopic (exact) mass is 440 g/mol. The largest absolute Gasteiger partial charge is 0.388 e. The molecule has 0 saturated carbocycles. The van der Waals surface area contributed by atoms with Crippen LogP contribution in [0.25, 0.3) is 28.3 Å². The van der Waals surface area contributed by atoms with Gasteiger partial charge in [0.2, 0.25) is 0 Å². The number of aromatic nitrogens is 3. The van der Waals surface area contributed by atoms with E-state index >= 15 is 0 Å². The first kappa shape index (κ1) is 18.4. The van der Waals surface area contributed by atoms with Crippen LogP contribution < -0.4 is 16.1 Å². The Morgan fingerprint density at radius 1 is 1.04 bits per heavy atom. The number of para-hydroxylation sites is 1. The Morgan fingerprint density at radius 3 is 2.46 bits per heavy atom. The summed E-state index contributed by atoms with van der Waals surface area (Å²) >= 11 is 0. The van der Waals surface area contributed by atoms with E-state index in [4.69, 9.17) is 4.98 Å². The van der Waals surface area contributed by atoms with Crippen molar-refractivity contribution in [3.05, 3.63) is 82.2 Å². The number of rotatable bonds is 2. The third-order valence-electron chi connectivity index (χ3n) is 4.92. The third-order valence-corrected chi connectivity index (χ3v) is 4.92. The molecule has 2 aromatic heterocycles. The Balaban J connectivity index is 0.00000192. The van der Waals surface area contributed by atoms with E-state index in [2.05, 4.69) is 5.32 Å². The Morgan fingerprint density at radius 2 is 1.79 bits per heavy atom. The fourth-order valence-corrected chi connectivity index (χ4v) is 3.63. The van der Waals surface area contributed by atoms with Gasteiger partial charge in [0.25, 0.3) is 5.56 Å². The van der Waals surface area contributed by atoms with Gasteiger partial charge in [-0.3, -0.25) is 4.79 Å². The normalized spacial score (nSPS) is 15.5. The summed E-state index contributed by atoms with van der Waals surface area (Å²) in [5.74, 6) is -0.287. The van der Waals surface area contributed by atoms with Crippen molar-refractivity contribution in [3.8, 4) is 16.9 Å². The maximum Gasteiger partial charge on any atom is 0.283 e. The van der Waals surface area contributed by atoms with Crippen molar-refractivity contribution in [3.63, 3.8) is 0 Å². The average Bonchev–Trinajstić information content (AvgIpc) is 3.39. The van der Waals surface area contributed by atoms with Gasteiger partial charge in [0.15, 0.2) is 5.65 Å². The minimum Gasteiger partial charge on any atom is -0.388 e. The third kappa shape index (κ3) is 2.92. The summed E-state index contributed by atoms with van der Waals surface area (Å²) in [6, 6.07) is 15.7. The highest BCUT2D eigenvalue weighted by molar-refractivity contribution is 8.93. The average molecular weight is 441 g/mol. The molecule has 4 aromatic rings. The summed E-state index contributed by atoms with van der Waals surface area (Å²) in [6.45, 7) is 0.864. The first-order valence-corrected chi connectivity index (χ1v) is 8.95. The van der Waals surface area contributed by atoms with Crippen molar-refractivity contribution in [1.82, 2.24) is 19.5 Å². The Bertz CT molecular complexity index is 1240. The van der Waals surface area contributed by atoms with Crippen molar-refractivity contribution in [2.45, 2.75) is 12.8 Å². The lowest BCUT2D eigenvalue weighted by Crippen LogP contribution is -2.32. The molecule has 1 aliphatic heterocycles. The highest BCUT2D eigenvalue weighted by Crippen LogP contribution is 2.20. The van der Waals surface area contributed by atoms with Crippen LogP contribution in [0.1, 0.15) is 12.8 Å². The van der Waals surface area contributed by atoms with E-state index in [1.165, 1.54) is 12.1 Å². The van der Waals surface area contributed by atoms with Gasteiger partial charge < -0.3 is 5.32 Å². The van der Waals surface area contributed by atoms with Crippen LogP contribution in [0.5, 0.6) is 0 Å². The fourth-order valence-electron chi connectivity index (χ4n) is 3.63. The van der Waals surface area contributed by atoms with Crippen LogP contribution >= 0.6 is 17.0 Å². The Hall–Kier alpha value is -2.93. The SMILES string of the molecule is Br.O=c1/c(=C2\CCCN2)c2nc(-c3ccc(F)cc3)cn2n1-c1ccccc1. The smallest absolute Gasteiger partial charge is 0.283 e. The standard InChI is InChI=1S/C21H17FN4O.BrH/c22-15-10-8-14(9-11-15)18-13-25-20(24-18)19(17-7-4-12-23-17)21(27)26(25)16-5-2-1-3-6-16;/h1-3,5-6,8-11,13,23H,4,7,12H2;1H/b19-17+;. The quantitative estimate of drug-likeness (QED) is 0.521. The van der Waals surface area contributed by atoms with Gasteiger partial charge in [0.1, 0.15) is 11.0 Å². The molecule has 3 heterocycles. The lowest BCUT2D eigenvalue weighted by molar-refractivity contribution is 0.628. The summed E-state index contributed by atoms with van der Waals surface area (Å²) in [6.07, 6.45) is 3.67. The molecule has 28 heavy (non-hydrogen) atoms. The van der Waals surface area contributed by atoms with Gasteiger partial charge in [0.05, 0.1) is 17.6 Å². The lowest BCUT2D eigenvalue weighted by Gasteiger charge is -2.03. The molecule has 0 aliphatic carbocycles. The molecule has 0 bridgehead atoms. The van der Waals surface area contributed by atoms with Gasteiger partial charge in [-0.25, -0.2) is 18.6 Å². The van der Waals surface area contributed by atoms with Gasteiger partial charge in [-0.15, -0.1) is 17.0 Å². The van der Waals surface area contributed by atoms with Gasteiger partial charge in [-0.2, -0.15) is 0 Å². The highest BCUT2D eigenvalue weighted by Gasteiger charge is 2.20. The van der Waals surface area contributed by atoms with E-state index < -0.39 is 0 Å². The number of imidazole rings is 1. The van der Waals surface area contributed by atoms with Crippen LogP contribution in [-0.4, -0.2) is 20.7 Å². The van der Waals surface area contributed by atoms with Gasteiger partial charge in [-0.05, 0) is 49.2 Å². The molecule has 1 aliphatic rings. The first-order chi connectivity index (χ1) is 13.2. The zero-order valence-electron chi connectivity index (χ0n) is 14.9. The van der Waals surface area contributed by atoms with Gasteiger partial charge in [-0.1, -0.05) is 18.2 Å². The number of hydrogen-bond acceptors (Lipinski definition) is 3. The molecule has 0 amide bonds. The van der Waals surface area contributed by atoms with E-state index in [1.54, 1.807) is 21.3 Å². The molecular weight excluding hydrogens is 423 g/mol. The molecule has 2 aromatic carbocycles. The van der Waals surface area contributed by atoms with Gasteiger partial charge >= 0.3 is 0 Å². The molecule has 1 N–H and O–H groups in total. The molecule has 1 fully saturated rings. The number of benzene rings is 2. The van der Waals surface area contributed by atoms with Crippen molar-refractivity contribution >= 4 is 28.3 Å². The molecule has 0 atom stereocenters. The van der Waals surface area contributed by atoms with Gasteiger partial charge in [0, 0.05) is 17.8 Å². The molecule has 1 saturated heterocycles. The fraction of sp³-hybridized carbons (Fsp3) is 0.143. The van der Waals surface area contributed by atoms with Crippen molar-refractivity contribution in [2.24, 2.45) is 0 Å². The second kappa shape index (κ2) is 7.24. The summed E-state index contributed by atoms with van der Waals surface area (Å²) in [4.78, 5) is 17.9. The molecule has 0 radical (unpaired) electrons. The molecular formula is C21H18BrFN4O. The van der Waals surface area contributed by atoms with Crippen LogP contribution in [0.2, 0.25) is 0 Å². The van der Waals surface area contributed by atoms with Crippen molar-refractivity contribution in [2.75, 3.05) is 6.54 Å². The topological polar surface area (TPSA) is 51.3 Å². The summed E-state index contributed by atoms with van der Waals surface area (Å²) in [7, 11) is 0. The lowest BCUT2D eigenvalue weighted by atomic mass is 10.2. The Labute approximate surface area is 170 Å². The predicted molar refractivity (Wildman–Crippen MR) is 112 cm³/mol. The van der Waals surface area contributed by atoms with E-state index in [1.807, 2.05) is 36.5 Å². The highest BCUT2D eigenvalue weighted by atomic mass is 79.9. The minimum absolute atomic E-state index is 0. The summed E-state index contributed by atoms with van der Waals surface area (Å²) in [5.41, 5.74) is 3.76. The maximum atomic E-state index is 13.3. The minimum atomic E-state index is -0.287. The molecule has 5 nitrogen and oxygen atoms in total. The molecule has 5 rings (SSSR count). The van der Waals surface area contributed by atoms with Crippen LogP contribution in [0, 0.1) is 5.82 Å². The van der Waals surface area contributed by atoms with E-state index in [-0.39, 0.29) is 28.4 Å². The molecule has 7 heteroatoms. The number of nitrogens with zero attached hydrogens (tertiary/aromatic N) is 3. The molecule has 0 unspecified atom stereocenters. The van der Waals surface area contributed by atoms with Crippen LogP contribution in [0.15, 0.2) is 65.6 Å². The van der Waals surface area contributed by atoms with Crippen LogP contribution in [0.3, 0.4) is 0 Å². The Kier molecular flexibility index (Phi) is 4.77. The molecule has 0 spiro atoms. The van der Waals surface area contributed by atoms with E-state index in [0.717, 1.165) is 36.3 Å². The van der Waals surface area contributed by atoms with E-state index in [0.29, 0.717) is 16.6 Å². The predicted octanol–water partition coefficient (Wildman–Crippen LogP) is 3.08. The summed E-state index contributed by atoms with van der Waals surface area (Å²) in [5, 5.41) is 3.94. The number of nitrogens with one attached hydrogen (secondary N) is 1. The zero-order chi connectivity index (χ0) is 18.4. The number of fused-ring (bicyclic) bond motifs is 1. The summed E-state index contributed by atoms with van der Waals surface area (Å²) < 4.78 is 16.7. The van der Waals surface area contributed by atoms with Crippen LogP contribution in [-0.2, 0) is 0 Å². The van der Waals surface area contributed by atoms with E-state index in [9.17, 15) is 9.18 Å². The van der Waals surface area contributed by atoms with Crippen LogP contribution in [0.4, 0.5) is 4.39 Å².